The molecular formula is C16H26N2S. The Morgan fingerprint density at radius 3 is 2.68 bits per heavy atom. The predicted octanol–water partition coefficient (Wildman–Crippen LogP) is 3.53. The Morgan fingerprint density at radius 2 is 2.11 bits per heavy atom. The topological polar surface area (TPSA) is 29.3 Å². The summed E-state index contributed by atoms with van der Waals surface area (Å²) < 4.78 is 0. The summed E-state index contributed by atoms with van der Waals surface area (Å²) in [6.07, 6.45) is 6.11. The Bertz CT molecular complexity index is 377. The second-order valence-electron chi connectivity index (χ2n) is 5.44. The molecule has 0 aromatic heterocycles. The summed E-state index contributed by atoms with van der Waals surface area (Å²) in [5, 5.41) is 0. The summed E-state index contributed by atoms with van der Waals surface area (Å²) in [5.41, 5.74) is 7.42. The molecule has 1 fully saturated rings. The third-order valence-corrected chi connectivity index (χ3v) is 5.04. The standard InChI is InChI=1S/C16H26N2S/c1-3-13-5-4-10-18(12-13)16(11-17)14-6-8-15(19-2)9-7-14/h6-9,13,16H,3-5,10-12,17H2,1-2H3. The summed E-state index contributed by atoms with van der Waals surface area (Å²) in [4.78, 5) is 3.91. The van der Waals surface area contributed by atoms with E-state index in [-0.39, 0.29) is 0 Å². The van der Waals surface area contributed by atoms with Gasteiger partial charge in [-0.3, -0.25) is 4.90 Å². The smallest absolute Gasteiger partial charge is 0.0470 e. The summed E-state index contributed by atoms with van der Waals surface area (Å²) >= 11 is 1.79. The highest BCUT2D eigenvalue weighted by atomic mass is 32.2. The number of benzene rings is 1. The Kier molecular flexibility index (Phi) is 5.74. The third kappa shape index (κ3) is 3.74. The fourth-order valence-corrected chi connectivity index (χ4v) is 3.44. The number of thioether (sulfide) groups is 1. The third-order valence-electron chi connectivity index (χ3n) is 4.29. The molecule has 2 nitrogen and oxygen atoms in total. The van der Waals surface area contributed by atoms with E-state index in [1.807, 2.05) is 0 Å². The van der Waals surface area contributed by atoms with Gasteiger partial charge in [0, 0.05) is 24.0 Å². The molecule has 0 radical (unpaired) electrons. The molecule has 1 aliphatic rings. The van der Waals surface area contributed by atoms with E-state index >= 15 is 0 Å². The van der Waals surface area contributed by atoms with Crippen LogP contribution in [-0.4, -0.2) is 30.8 Å². The average Bonchev–Trinajstić information content (AvgIpc) is 2.49. The van der Waals surface area contributed by atoms with Crippen molar-refractivity contribution in [2.75, 3.05) is 25.9 Å². The van der Waals surface area contributed by atoms with E-state index in [9.17, 15) is 0 Å². The average molecular weight is 278 g/mol. The number of rotatable bonds is 5. The molecule has 1 aliphatic heterocycles. The van der Waals surface area contributed by atoms with Crippen LogP contribution < -0.4 is 5.73 Å². The van der Waals surface area contributed by atoms with Gasteiger partial charge in [-0.2, -0.15) is 0 Å². The largest absolute Gasteiger partial charge is 0.329 e. The van der Waals surface area contributed by atoms with E-state index in [0.29, 0.717) is 6.04 Å². The van der Waals surface area contributed by atoms with E-state index in [1.165, 1.54) is 42.8 Å². The number of nitrogens with two attached hydrogens (primary N) is 1. The van der Waals surface area contributed by atoms with Crippen molar-refractivity contribution >= 4 is 11.8 Å². The van der Waals surface area contributed by atoms with Crippen molar-refractivity contribution in [2.45, 2.75) is 37.1 Å². The molecule has 0 amide bonds. The van der Waals surface area contributed by atoms with Gasteiger partial charge in [0.05, 0.1) is 0 Å². The van der Waals surface area contributed by atoms with Gasteiger partial charge in [0.2, 0.25) is 0 Å². The van der Waals surface area contributed by atoms with Gasteiger partial charge in [0.15, 0.2) is 0 Å². The molecule has 106 valence electrons. The molecule has 1 heterocycles. The molecule has 19 heavy (non-hydrogen) atoms. The molecule has 2 unspecified atom stereocenters. The maximum atomic E-state index is 6.05. The number of likely N-dealkylation sites (tertiary alicyclic amines) is 1. The minimum Gasteiger partial charge on any atom is -0.329 e. The monoisotopic (exact) mass is 278 g/mol. The van der Waals surface area contributed by atoms with E-state index < -0.39 is 0 Å². The lowest BCUT2D eigenvalue weighted by molar-refractivity contribution is 0.124. The Balaban J connectivity index is 2.09. The first-order chi connectivity index (χ1) is 9.28. The zero-order valence-corrected chi connectivity index (χ0v) is 13.0. The molecule has 0 aliphatic carbocycles. The maximum Gasteiger partial charge on any atom is 0.0470 e. The fourth-order valence-electron chi connectivity index (χ4n) is 3.04. The number of hydrogen-bond acceptors (Lipinski definition) is 3. The van der Waals surface area contributed by atoms with Crippen molar-refractivity contribution in [3.63, 3.8) is 0 Å². The molecule has 0 spiro atoms. The quantitative estimate of drug-likeness (QED) is 0.836. The summed E-state index contributed by atoms with van der Waals surface area (Å²) in [7, 11) is 0. The van der Waals surface area contributed by atoms with Crippen molar-refractivity contribution in [1.29, 1.82) is 0 Å². The normalized spacial score (nSPS) is 22.4. The Hall–Kier alpha value is -0.510. The lowest BCUT2D eigenvalue weighted by Crippen LogP contribution is -2.40. The van der Waals surface area contributed by atoms with Crippen molar-refractivity contribution in [1.82, 2.24) is 4.90 Å². The minimum atomic E-state index is 0.394. The first-order valence-corrected chi connectivity index (χ1v) is 8.59. The van der Waals surface area contributed by atoms with Crippen LogP contribution in [0.5, 0.6) is 0 Å². The first kappa shape index (κ1) is 14.9. The zero-order valence-electron chi connectivity index (χ0n) is 12.1. The molecule has 1 aromatic carbocycles. The molecule has 0 bridgehead atoms. The van der Waals surface area contributed by atoms with E-state index in [0.717, 1.165) is 12.5 Å². The fraction of sp³-hybridized carbons (Fsp3) is 0.625. The van der Waals surface area contributed by atoms with Crippen LogP contribution in [0.15, 0.2) is 29.2 Å². The van der Waals surface area contributed by atoms with Crippen molar-refractivity contribution in [3.8, 4) is 0 Å². The molecule has 2 rings (SSSR count). The van der Waals surface area contributed by atoms with Gasteiger partial charge in [-0.15, -0.1) is 11.8 Å². The molecule has 1 aromatic rings. The molecule has 2 atom stereocenters. The van der Waals surface area contributed by atoms with Gasteiger partial charge in [-0.1, -0.05) is 25.5 Å². The van der Waals surface area contributed by atoms with Crippen LogP contribution in [0.3, 0.4) is 0 Å². The van der Waals surface area contributed by atoms with Crippen LogP contribution in [0.2, 0.25) is 0 Å². The minimum absolute atomic E-state index is 0.394. The molecule has 1 saturated heterocycles. The van der Waals surface area contributed by atoms with Crippen LogP contribution in [0.25, 0.3) is 0 Å². The second-order valence-corrected chi connectivity index (χ2v) is 6.32. The van der Waals surface area contributed by atoms with Crippen LogP contribution >= 0.6 is 11.8 Å². The van der Waals surface area contributed by atoms with Gasteiger partial charge in [0.1, 0.15) is 0 Å². The predicted molar refractivity (Wildman–Crippen MR) is 84.6 cm³/mol. The first-order valence-electron chi connectivity index (χ1n) is 7.36. The summed E-state index contributed by atoms with van der Waals surface area (Å²) in [5.74, 6) is 0.855. The second kappa shape index (κ2) is 7.32. The van der Waals surface area contributed by atoms with Crippen LogP contribution in [-0.2, 0) is 0 Å². The Morgan fingerprint density at radius 1 is 1.37 bits per heavy atom. The van der Waals surface area contributed by atoms with Crippen molar-refractivity contribution in [3.05, 3.63) is 29.8 Å². The summed E-state index contributed by atoms with van der Waals surface area (Å²) in [6.45, 7) is 5.43. The van der Waals surface area contributed by atoms with Crippen LogP contribution in [0, 0.1) is 5.92 Å². The molecule has 3 heteroatoms. The van der Waals surface area contributed by atoms with E-state index in [1.54, 1.807) is 11.8 Å². The van der Waals surface area contributed by atoms with Gasteiger partial charge >= 0.3 is 0 Å². The van der Waals surface area contributed by atoms with E-state index in [2.05, 4.69) is 42.3 Å². The van der Waals surface area contributed by atoms with Gasteiger partial charge in [-0.25, -0.2) is 0 Å². The highest BCUT2D eigenvalue weighted by Gasteiger charge is 2.25. The SMILES string of the molecule is CCC1CCCN(C(CN)c2ccc(SC)cc2)C1. The van der Waals surface area contributed by atoms with Crippen molar-refractivity contribution < 1.29 is 0 Å². The van der Waals surface area contributed by atoms with Gasteiger partial charge in [0.25, 0.3) is 0 Å². The number of nitrogens with zero attached hydrogens (tertiary/aromatic N) is 1. The van der Waals surface area contributed by atoms with Gasteiger partial charge < -0.3 is 5.73 Å². The number of hydrogen-bond donors (Lipinski definition) is 1. The zero-order chi connectivity index (χ0) is 13.7. The Labute approximate surface area is 121 Å². The summed E-state index contributed by atoms with van der Waals surface area (Å²) in [6, 6.07) is 9.32. The number of piperidine rings is 1. The molecule has 2 N–H and O–H groups in total. The van der Waals surface area contributed by atoms with Crippen LogP contribution in [0.4, 0.5) is 0 Å². The lowest BCUT2D eigenvalue weighted by atomic mass is 9.93. The maximum absolute atomic E-state index is 6.05. The highest BCUT2D eigenvalue weighted by molar-refractivity contribution is 7.98. The van der Waals surface area contributed by atoms with E-state index in [4.69, 9.17) is 5.73 Å². The highest BCUT2D eigenvalue weighted by Crippen LogP contribution is 2.28. The molecular weight excluding hydrogens is 252 g/mol. The van der Waals surface area contributed by atoms with Crippen molar-refractivity contribution in [2.24, 2.45) is 11.7 Å². The van der Waals surface area contributed by atoms with Gasteiger partial charge in [-0.05, 0) is 49.3 Å². The van der Waals surface area contributed by atoms with Crippen LogP contribution in [0.1, 0.15) is 37.8 Å². The lowest BCUT2D eigenvalue weighted by Gasteiger charge is -2.38. The molecule has 0 saturated carbocycles.